The number of nitrogens with two attached hydrogens (primary N) is 1. The summed E-state index contributed by atoms with van der Waals surface area (Å²) in [5.41, 5.74) is 6.75. The summed E-state index contributed by atoms with van der Waals surface area (Å²) in [6.45, 7) is 0. The zero-order valence-electron chi connectivity index (χ0n) is 9.79. The summed E-state index contributed by atoms with van der Waals surface area (Å²) in [7, 11) is 0. The summed E-state index contributed by atoms with van der Waals surface area (Å²) >= 11 is 3.25. The highest BCUT2D eigenvalue weighted by atomic mass is 79.9. The average Bonchev–Trinajstić information content (AvgIpc) is 2.30. The van der Waals surface area contributed by atoms with E-state index in [1.807, 2.05) is 0 Å². The lowest BCUT2D eigenvalue weighted by Gasteiger charge is -2.06. The topological polar surface area (TPSA) is 43.1 Å². The van der Waals surface area contributed by atoms with Gasteiger partial charge in [-0.1, -0.05) is 15.9 Å². The van der Waals surface area contributed by atoms with Crippen molar-refractivity contribution in [3.05, 3.63) is 63.6 Å². The lowest BCUT2D eigenvalue weighted by Crippen LogP contribution is -2.06. The Balaban J connectivity index is 2.28. The third-order valence-corrected chi connectivity index (χ3v) is 3.27. The van der Waals surface area contributed by atoms with Gasteiger partial charge in [-0.15, -0.1) is 0 Å². The van der Waals surface area contributed by atoms with E-state index in [0.29, 0.717) is 15.7 Å². The van der Waals surface area contributed by atoms with E-state index < -0.39 is 11.6 Å². The van der Waals surface area contributed by atoms with Crippen LogP contribution in [-0.2, 0) is 6.42 Å². The zero-order chi connectivity index (χ0) is 14.0. The Morgan fingerprint density at radius 2 is 1.74 bits per heavy atom. The van der Waals surface area contributed by atoms with Gasteiger partial charge >= 0.3 is 0 Å². The van der Waals surface area contributed by atoms with Crippen molar-refractivity contribution in [1.29, 1.82) is 0 Å². The second-order valence-corrected chi connectivity index (χ2v) is 4.97. The van der Waals surface area contributed by atoms with Crippen molar-refractivity contribution in [3.8, 4) is 0 Å². The van der Waals surface area contributed by atoms with E-state index in [1.165, 1.54) is 6.07 Å². The highest BCUT2D eigenvalue weighted by Crippen LogP contribution is 2.21. The van der Waals surface area contributed by atoms with Crippen molar-refractivity contribution in [2.75, 3.05) is 5.73 Å². The van der Waals surface area contributed by atoms with E-state index in [1.54, 1.807) is 12.1 Å². The van der Waals surface area contributed by atoms with Crippen LogP contribution in [0, 0.1) is 11.6 Å². The molecule has 0 amide bonds. The number of hydrogen-bond donors (Lipinski definition) is 1. The van der Waals surface area contributed by atoms with Crippen molar-refractivity contribution in [2.24, 2.45) is 0 Å². The Labute approximate surface area is 117 Å². The molecule has 2 rings (SSSR count). The molecule has 2 N–H and O–H groups in total. The molecule has 0 aliphatic heterocycles. The van der Waals surface area contributed by atoms with Crippen LogP contribution in [-0.4, -0.2) is 5.78 Å². The molecule has 0 unspecified atom stereocenters. The average molecular weight is 326 g/mol. The van der Waals surface area contributed by atoms with Gasteiger partial charge in [-0.05, 0) is 35.9 Å². The molecule has 0 atom stereocenters. The lowest BCUT2D eigenvalue weighted by atomic mass is 10.0. The molecule has 0 radical (unpaired) electrons. The smallest absolute Gasteiger partial charge is 0.168 e. The van der Waals surface area contributed by atoms with Crippen LogP contribution in [0.25, 0.3) is 0 Å². The Kier molecular flexibility index (Phi) is 3.95. The number of anilines is 1. The zero-order valence-corrected chi connectivity index (χ0v) is 11.4. The fourth-order valence-electron chi connectivity index (χ4n) is 1.75. The van der Waals surface area contributed by atoms with Crippen LogP contribution in [0.2, 0.25) is 0 Å². The van der Waals surface area contributed by atoms with E-state index in [9.17, 15) is 13.6 Å². The predicted molar refractivity (Wildman–Crippen MR) is 72.9 cm³/mol. The first-order chi connectivity index (χ1) is 8.95. The van der Waals surface area contributed by atoms with Gasteiger partial charge in [0.25, 0.3) is 0 Å². The Hall–Kier alpha value is -1.75. The molecule has 0 spiro atoms. The maximum Gasteiger partial charge on any atom is 0.168 e. The number of benzene rings is 2. The van der Waals surface area contributed by atoms with E-state index >= 15 is 0 Å². The van der Waals surface area contributed by atoms with Crippen molar-refractivity contribution >= 4 is 27.4 Å². The van der Waals surface area contributed by atoms with Crippen LogP contribution < -0.4 is 5.73 Å². The number of hydrogen-bond acceptors (Lipinski definition) is 2. The van der Waals surface area contributed by atoms with Crippen LogP contribution in [0.3, 0.4) is 0 Å². The standard InChI is InChI=1S/C14H10BrF2NO/c15-13-2-1-11(18)7-12(13)14(19)5-8-3-9(16)6-10(17)4-8/h1-4,6-7H,5,18H2. The van der Waals surface area contributed by atoms with Gasteiger partial charge in [0, 0.05) is 28.2 Å². The van der Waals surface area contributed by atoms with Crippen molar-refractivity contribution < 1.29 is 13.6 Å². The number of halogens is 3. The molecule has 0 aromatic heterocycles. The first kappa shape index (κ1) is 13.7. The van der Waals surface area contributed by atoms with E-state index in [0.717, 1.165) is 18.2 Å². The largest absolute Gasteiger partial charge is 0.399 e. The summed E-state index contributed by atoms with van der Waals surface area (Å²) in [6.07, 6.45) is -0.0866. The van der Waals surface area contributed by atoms with Gasteiger partial charge < -0.3 is 5.73 Å². The van der Waals surface area contributed by atoms with E-state index in [4.69, 9.17) is 5.73 Å². The third-order valence-electron chi connectivity index (χ3n) is 2.58. The van der Waals surface area contributed by atoms with Crippen LogP contribution in [0.5, 0.6) is 0 Å². The molecule has 0 aliphatic rings. The number of carbonyl (C=O) groups is 1. The molecule has 0 saturated heterocycles. The monoisotopic (exact) mass is 325 g/mol. The SMILES string of the molecule is Nc1ccc(Br)c(C(=O)Cc2cc(F)cc(F)c2)c1. The molecule has 0 heterocycles. The Morgan fingerprint density at radius 3 is 2.37 bits per heavy atom. The molecule has 0 saturated carbocycles. The maximum atomic E-state index is 13.0. The van der Waals surface area contributed by atoms with Crippen molar-refractivity contribution in [1.82, 2.24) is 0 Å². The van der Waals surface area contributed by atoms with Crippen LogP contribution >= 0.6 is 15.9 Å². The molecule has 2 nitrogen and oxygen atoms in total. The number of nitrogen functional groups attached to an aromatic ring is 1. The maximum absolute atomic E-state index is 13.0. The second kappa shape index (κ2) is 5.48. The minimum Gasteiger partial charge on any atom is -0.399 e. The molecular weight excluding hydrogens is 316 g/mol. The van der Waals surface area contributed by atoms with Gasteiger partial charge in [0.05, 0.1) is 0 Å². The number of carbonyl (C=O) groups excluding carboxylic acids is 1. The first-order valence-electron chi connectivity index (χ1n) is 5.49. The van der Waals surface area contributed by atoms with Crippen LogP contribution in [0.4, 0.5) is 14.5 Å². The number of ketones is 1. The normalized spacial score (nSPS) is 10.5. The van der Waals surface area contributed by atoms with Gasteiger partial charge in [0.2, 0.25) is 0 Å². The van der Waals surface area contributed by atoms with Gasteiger partial charge in [0.1, 0.15) is 11.6 Å². The molecule has 2 aromatic carbocycles. The van der Waals surface area contributed by atoms with E-state index in [-0.39, 0.29) is 17.8 Å². The lowest BCUT2D eigenvalue weighted by molar-refractivity contribution is 0.0992. The Morgan fingerprint density at radius 1 is 1.11 bits per heavy atom. The minimum atomic E-state index is -0.700. The fourth-order valence-corrected chi connectivity index (χ4v) is 2.22. The highest BCUT2D eigenvalue weighted by Gasteiger charge is 2.12. The van der Waals surface area contributed by atoms with E-state index in [2.05, 4.69) is 15.9 Å². The van der Waals surface area contributed by atoms with Crippen molar-refractivity contribution in [3.63, 3.8) is 0 Å². The molecule has 0 fully saturated rings. The first-order valence-corrected chi connectivity index (χ1v) is 6.28. The van der Waals surface area contributed by atoms with Crippen LogP contribution in [0.1, 0.15) is 15.9 Å². The molecule has 5 heteroatoms. The predicted octanol–water partition coefficient (Wildman–Crippen LogP) is 3.73. The third kappa shape index (κ3) is 3.38. The molecule has 19 heavy (non-hydrogen) atoms. The number of rotatable bonds is 3. The molecule has 0 aliphatic carbocycles. The fraction of sp³-hybridized carbons (Fsp3) is 0.0714. The highest BCUT2D eigenvalue weighted by molar-refractivity contribution is 9.10. The summed E-state index contributed by atoms with van der Waals surface area (Å²) in [6, 6.07) is 7.90. The molecule has 2 aromatic rings. The minimum absolute atomic E-state index is 0.0866. The van der Waals surface area contributed by atoms with Crippen LogP contribution in [0.15, 0.2) is 40.9 Å². The summed E-state index contributed by atoms with van der Waals surface area (Å²) in [5.74, 6) is -1.66. The van der Waals surface area contributed by atoms with Gasteiger partial charge in [-0.25, -0.2) is 8.78 Å². The summed E-state index contributed by atoms with van der Waals surface area (Å²) < 4.78 is 26.7. The van der Waals surface area contributed by atoms with Gasteiger partial charge in [-0.2, -0.15) is 0 Å². The van der Waals surface area contributed by atoms with Gasteiger partial charge in [0.15, 0.2) is 5.78 Å². The molecular formula is C14H10BrF2NO. The Bertz CT molecular complexity index is 623. The van der Waals surface area contributed by atoms with Crippen molar-refractivity contribution in [2.45, 2.75) is 6.42 Å². The quantitative estimate of drug-likeness (QED) is 0.690. The van der Waals surface area contributed by atoms with Gasteiger partial charge in [-0.3, -0.25) is 4.79 Å². The summed E-state index contributed by atoms with van der Waals surface area (Å²) in [4.78, 5) is 12.1. The molecule has 98 valence electrons. The second-order valence-electron chi connectivity index (χ2n) is 4.12. The molecule has 0 bridgehead atoms. The summed E-state index contributed by atoms with van der Waals surface area (Å²) in [5, 5.41) is 0. The number of Topliss-reactive ketones (excluding diaryl/α,β-unsaturated/α-hetero) is 1.